The van der Waals surface area contributed by atoms with E-state index in [-0.39, 0.29) is 0 Å². The largest absolute Gasteiger partial charge is 0.382 e. The van der Waals surface area contributed by atoms with Gasteiger partial charge in [0.1, 0.15) is 0 Å². The third kappa shape index (κ3) is 2.58. The summed E-state index contributed by atoms with van der Waals surface area (Å²) in [5.41, 5.74) is 6.89. The van der Waals surface area contributed by atoms with Gasteiger partial charge in [-0.2, -0.15) is 0 Å². The van der Waals surface area contributed by atoms with Gasteiger partial charge in [0.2, 0.25) is 0 Å². The maximum absolute atomic E-state index is 3.70. The molecule has 0 atom stereocenters. The Balaban J connectivity index is 1.61. The molecule has 0 bridgehead atoms. The van der Waals surface area contributed by atoms with Crippen molar-refractivity contribution in [2.75, 3.05) is 5.32 Å². The number of hydrogen-bond donors (Lipinski definition) is 1. The summed E-state index contributed by atoms with van der Waals surface area (Å²) in [6.07, 6.45) is 2.49. The highest BCUT2D eigenvalue weighted by atomic mass is 14.9. The molecule has 1 N–H and O–H groups in total. The molecule has 0 unspecified atom stereocenters. The average molecular weight is 265 g/mol. The lowest BCUT2D eigenvalue weighted by atomic mass is 9.75. The number of nitrogens with one attached hydrogen (secondary N) is 1. The topological polar surface area (TPSA) is 12.0 Å². The quantitative estimate of drug-likeness (QED) is 0.826. The average Bonchev–Trinajstić information content (AvgIpc) is 2.39. The first kappa shape index (κ1) is 13.2. The lowest BCUT2D eigenvalue weighted by Gasteiger charge is -2.37. The Bertz CT molecular complexity index is 592. The Morgan fingerprint density at radius 3 is 2.30 bits per heavy atom. The third-order valence-electron chi connectivity index (χ3n) is 4.65. The van der Waals surface area contributed by atoms with Gasteiger partial charge in [-0.25, -0.2) is 0 Å². The van der Waals surface area contributed by atoms with Crippen LogP contribution >= 0.6 is 0 Å². The van der Waals surface area contributed by atoms with E-state index in [0.717, 1.165) is 5.92 Å². The van der Waals surface area contributed by atoms with E-state index in [0.29, 0.717) is 6.04 Å². The lowest BCUT2D eigenvalue weighted by Crippen LogP contribution is -2.34. The van der Waals surface area contributed by atoms with Crippen molar-refractivity contribution in [2.24, 2.45) is 0 Å². The second-order valence-corrected chi connectivity index (χ2v) is 6.17. The molecule has 2 aromatic carbocycles. The zero-order valence-corrected chi connectivity index (χ0v) is 12.6. The monoisotopic (exact) mass is 265 g/mol. The molecule has 0 radical (unpaired) electrons. The first-order chi connectivity index (χ1) is 9.63. The molecule has 0 aromatic heterocycles. The summed E-state index contributed by atoms with van der Waals surface area (Å²) in [6, 6.07) is 16.2. The molecule has 3 rings (SSSR count). The van der Waals surface area contributed by atoms with Crippen LogP contribution in [0.15, 0.2) is 42.5 Å². The van der Waals surface area contributed by atoms with Gasteiger partial charge in [0.05, 0.1) is 0 Å². The van der Waals surface area contributed by atoms with Crippen molar-refractivity contribution < 1.29 is 0 Å². The predicted octanol–water partition coefficient (Wildman–Crippen LogP) is 4.97. The number of hydrogen-bond acceptors (Lipinski definition) is 1. The molecule has 2 aromatic rings. The number of aryl methyl sites for hydroxylation is 2. The molecule has 0 amide bonds. The van der Waals surface area contributed by atoms with Gasteiger partial charge in [-0.1, -0.05) is 42.0 Å². The van der Waals surface area contributed by atoms with Crippen LogP contribution in [-0.4, -0.2) is 6.04 Å². The molecular weight excluding hydrogens is 242 g/mol. The number of rotatable bonds is 3. The maximum atomic E-state index is 3.70. The Kier molecular flexibility index (Phi) is 3.52. The fourth-order valence-electron chi connectivity index (χ4n) is 2.97. The van der Waals surface area contributed by atoms with Gasteiger partial charge in [-0.3, -0.25) is 0 Å². The minimum Gasteiger partial charge on any atom is -0.382 e. The number of anilines is 1. The van der Waals surface area contributed by atoms with Crippen molar-refractivity contribution in [1.82, 2.24) is 0 Å². The van der Waals surface area contributed by atoms with E-state index in [9.17, 15) is 0 Å². The van der Waals surface area contributed by atoms with Crippen molar-refractivity contribution in [3.63, 3.8) is 0 Å². The smallest absolute Gasteiger partial charge is 0.0374 e. The van der Waals surface area contributed by atoms with Crippen molar-refractivity contribution in [3.8, 4) is 0 Å². The molecule has 1 nitrogen and oxygen atoms in total. The van der Waals surface area contributed by atoms with Crippen LogP contribution < -0.4 is 5.32 Å². The molecule has 1 aliphatic carbocycles. The fraction of sp³-hybridized carbons (Fsp3) is 0.368. The highest BCUT2D eigenvalue weighted by molar-refractivity contribution is 5.54. The summed E-state index contributed by atoms with van der Waals surface area (Å²) in [5.74, 6) is 0.734. The Morgan fingerprint density at radius 1 is 0.900 bits per heavy atom. The molecule has 1 fully saturated rings. The summed E-state index contributed by atoms with van der Waals surface area (Å²) in [6.45, 7) is 6.53. The molecule has 0 saturated heterocycles. The van der Waals surface area contributed by atoms with Crippen LogP contribution in [0.2, 0.25) is 0 Å². The van der Waals surface area contributed by atoms with E-state index < -0.39 is 0 Å². The third-order valence-corrected chi connectivity index (χ3v) is 4.65. The van der Waals surface area contributed by atoms with Crippen LogP contribution in [0, 0.1) is 20.8 Å². The maximum Gasteiger partial charge on any atom is 0.0374 e. The SMILES string of the molecule is Cc1ccc(C2CC(Nc3cccc(C)c3C)C2)cc1. The highest BCUT2D eigenvalue weighted by Crippen LogP contribution is 2.39. The van der Waals surface area contributed by atoms with Gasteiger partial charge in [0.15, 0.2) is 0 Å². The lowest BCUT2D eigenvalue weighted by molar-refractivity contribution is 0.374. The van der Waals surface area contributed by atoms with Crippen LogP contribution in [-0.2, 0) is 0 Å². The molecule has 1 saturated carbocycles. The first-order valence-corrected chi connectivity index (χ1v) is 7.53. The van der Waals surface area contributed by atoms with E-state index in [2.05, 4.69) is 68.6 Å². The van der Waals surface area contributed by atoms with Crippen molar-refractivity contribution >= 4 is 5.69 Å². The van der Waals surface area contributed by atoms with Crippen molar-refractivity contribution in [3.05, 3.63) is 64.7 Å². The van der Waals surface area contributed by atoms with Crippen LogP contribution in [0.25, 0.3) is 0 Å². The molecule has 1 aliphatic rings. The van der Waals surface area contributed by atoms with Crippen LogP contribution in [0.5, 0.6) is 0 Å². The minimum atomic E-state index is 0.627. The summed E-state index contributed by atoms with van der Waals surface area (Å²) in [7, 11) is 0. The normalized spacial score (nSPS) is 21.4. The van der Waals surface area contributed by atoms with Gasteiger partial charge < -0.3 is 5.32 Å². The van der Waals surface area contributed by atoms with E-state index in [4.69, 9.17) is 0 Å². The van der Waals surface area contributed by atoms with Gasteiger partial charge >= 0.3 is 0 Å². The molecule has 0 spiro atoms. The molecule has 1 heteroatoms. The van der Waals surface area contributed by atoms with Crippen molar-refractivity contribution in [2.45, 2.75) is 45.6 Å². The summed E-state index contributed by atoms with van der Waals surface area (Å²) >= 11 is 0. The number of benzene rings is 2. The zero-order chi connectivity index (χ0) is 14.1. The highest BCUT2D eigenvalue weighted by Gasteiger charge is 2.30. The first-order valence-electron chi connectivity index (χ1n) is 7.53. The fourth-order valence-corrected chi connectivity index (χ4v) is 2.97. The van der Waals surface area contributed by atoms with Crippen LogP contribution in [0.1, 0.15) is 41.0 Å². The summed E-state index contributed by atoms with van der Waals surface area (Å²) in [4.78, 5) is 0. The zero-order valence-electron chi connectivity index (χ0n) is 12.6. The Morgan fingerprint density at radius 2 is 1.60 bits per heavy atom. The van der Waals surface area contributed by atoms with Crippen molar-refractivity contribution in [1.29, 1.82) is 0 Å². The molecule has 0 aliphatic heterocycles. The Hall–Kier alpha value is -1.76. The molecule has 104 valence electrons. The second kappa shape index (κ2) is 5.32. The van der Waals surface area contributed by atoms with Crippen LogP contribution in [0.4, 0.5) is 5.69 Å². The van der Waals surface area contributed by atoms with Gasteiger partial charge in [-0.05, 0) is 62.3 Å². The van der Waals surface area contributed by atoms with E-state index >= 15 is 0 Å². The molecule has 0 heterocycles. The van der Waals surface area contributed by atoms with Gasteiger partial charge in [0.25, 0.3) is 0 Å². The van der Waals surface area contributed by atoms with Gasteiger partial charge in [0, 0.05) is 11.7 Å². The summed E-state index contributed by atoms with van der Waals surface area (Å²) < 4.78 is 0. The molecular formula is C19H23N. The Labute approximate surface area is 122 Å². The minimum absolute atomic E-state index is 0.627. The van der Waals surface area contributed by atoms with Gasteiger partial charge in [-0.15, -0.1) is 0 Å². The van der Waals surface area contributed by atoms with E-state index in [1.54, 1.807) is 0 Å². The standard InChI is InChI=1S/C19H23N/c1-13-7-9-16(10-8-13)17-11-18(12-17)20-19-6-4-5-14(2)15(19)3/h4-10,17-18,20H,11-12H2,1-3H3. The second-order valence-electron chi connectivity index (χ2n) is 6.17. The summed E-state index contributed by atoms with van der Waals surface area (Å²) in [5, 5.41) is 3.70. The predicted molar refractivity (Wildman–Crippen MR) is 86.5 cm³/mol. The molecule has 20 heavy (non-hydrogen) atoms. The van der Waals surface area contributed by atoms with Crippen LogP contribution in [0.3, 0.4) is 0 Å². The van der Waals surface area contributed by atoms with E-state index in [1.165, 1.54) is 40.8 Å². The van der Waals surface area contributed by atoms with E-state index in [1.807, 2.05) is 0 Å².